The molecule has 0 amide bonds. The van der Waals surface area contributed by atoms with E-state index in [0.717, 1.165) is 37.4 Å². The molecule has 4 heteroatoms. The number of rotatable bonds is 10. The Labute approximate surface area is 115 Å². The van der Waals surface area contributed by atoms with Crippen molar-refractivity contribution < 1.29 is 14.2 Å². The SMILES string of the molecule is CCOCCCC(N)c1ccccc1OCCOC. The van der Waals surface area contributed by atoms with Crippen molar-refractivity contribution in [2.45, 2.75) is 25.8 Å². The maximum absolute atomic E-state index is 6.22. The van der Waals surface area contributed by atoms with Crippen LogP contribution in [0.1, 0.15) is 31.4 Å². The highest BCUT2D eigenvalue weighted by Gasteiger charge is 2.11. The first-order valence-corrected chi connectivity index (χ1v) is 6.83. The summed E-state index contributed by atoms with van der Waals surface area (Å²) in [4.78, 5) is 0. The van der Waals surface area contributed by atoms with E-state index in [-0.39, 0.29) is 6.04 Å². The Morgan fingerprint density at radius 1 is 1.16 bits per heavy atom. The smallest absolute Gasteiger partial charge is 0.124 e. The molecule has 1 rings (SSSR count). The third-order valence-corrected chi connectivity index (χ3v) is 2.87. The molecule has 0 saturated heterocycles. The third-order valence-electron chi connectivity index (χ3n) is 2.87. The number of hydrogen-bond acceptors (Lipinski definition) is 4. The minimum absolute atomic E-state index is 0.0146. The molecule has 1 aromatic rings. The van der Waals surface area contributed by atoms with E-state index in [9.17, 15) is 0 Å². The van der Waals surface area contributed by atoms with E-state index >= 15 is 0 Å². The average molecular weight is 267 g/mol. The zero-order chi connectivity index (χ0) is 13.9. The van der Waals surface area contributed by atoms with Crippen molar-refractivity contribution in [1.29, 1.82) is 0 Å². The van der Waals surface area contributed by atoms with Crippen molar-refractivity contribution in [3.8, 4) is 5.75 Å². The van der Waals surface area contributed by atoms with Gasteiger partial charge in [-0.15, -0.1) is 0 Å². The van der Waals surface area contributed by atoms with Gasteiger partial charge in [-0.25, -0.2) is 0 Å². The van der Waals surface area contributed by atoms with Gasteiger partial charge in [0.1, 0.15) is 12.4 Å². The largest absolute Gasteiger partial charge is 0.491 e. The lowest BCUT2D eigenvalue weighted by Crippen LogP contribution is -2.14. The molecule has 4 nitrogen and oxygen atoms in total. The lowest BCUT2D eigenvalue weighted by molar-refractivity contribution is 0.140. The van der Waals surface area contributed by atoms with E-state index in [1.54, 1.807) is 7.11 Å². The molecule has 19 heavy (non-hydrogen) atoms. The molecule has 0 spiro atoms. The van der Waals surface area contributed by atoms with Gasteiger partial charge in [0.15, 0.2) is 0 Å². The topological polar surface area (TPSA) is 53.7 Å². The maximum atomic E-state index is 6.22. The summed E-state index contributed by atoms with van der Waals surface area (Å²) in [6.07, 6.45) is 1.85. The lowest BCUT2D eigenvalue weighted by Gasteiger charge is -2.17. The number of ether oxygens (including phenoxy) is 3. The van der Waals surface area contributed by atoms with Crippen molar-refractivity contribution >= 4 is 0 Å². The first-order chi connectivity index (χ1) is 9.29. The van der Waals surface area contributed by atoms with Gasteiger partial charge < -0.3 is 19.9 Å². The second-order valence-electron chi connectivity index (χ2n) is 4.32. The molecule has 1 aromatic carbocycles. The Morgan fingerprint density at radius 2 is 1.95 bits per heavy atom. The van der Waals surface area contributed by atoms with Gasteiger partial charge in [-0.3, -0.25) is 0 Å². The fourth-order valence-electron chi connectivity index (χ4n) is 1.86. The second kappa shape index (κ2) is 9.78. The number of para-hydroxylation sites is 1. The van der Waals surface area contributed by atoms with Gasteiger partial charge in [-0.2, -0.15) is 0 Å². The van der Waals surface area contributed by atoms with Crippen LogP contribution in [0.15, 0.2) is 24.3 Å². The first-order valence-electron chi connectivity index (χ1n) is 6.83. The molecule has 108 valence electrons. The van der Waals surface area contributed by atoms with Gasteiger partial charge >= 0.3 is 0 Å². The summed E-state index contributed by atoms with van der Waals surface area (Å²) in [7, 11) is 1.66. The molecular weight excluding hydrogens is 242 g/mol. The summed E-state index contributed by atoms with van der Waals surface area (Å²) < 4.78 is 16.0. The molecular formula is C15H25NO3. The highest BCUT2D eigenvalue weighted by Crippen LogP contribution is 2.26. The van der Waals surface area contributed by atoms with E-state index in [2.05, 4.69) is 0 Å². The number of nitrogens with two attached hydrogens (primary N) is 1. The average Bonchev–Trinajstić information content (AvgIpc) is 2.44. The van der Waals surface area contributed by atoms with Gasteiger partial charge in [-0.1, -0.05) is 18.2 Å². The van der Waals surface area contributed by atoms with Crippen LogP contribution in [0.2, 0.25) is 0 Å². The molecule has 0 aromatic heterocycles. The molecule has 1 unspecified atom stereocenters. The van der Waals surface area contributed by atoms with Crippen LogP contribution in [0.5, 0.6) is 5.75 Å². The van der Waals surface area contributed by atoms with E-state index in [4.69, 9.17) is 19.9 Å². The Kier molecular flexibility index (Phi) is 8.21. The molecule has 0 bridgehead atoms. The maximum Gasteiger partial charge on any atom is 0.124 e. The van der Waals surface area contributed by atoms with Crippen molar-refractivity contribution in [2.24, 2.45) is 5.73 Å². The third kappa shape index (κ3) is 6.05. The van der Waals surface area contributed by atoms with Gasteiger partial charge in [0, 0.05) is 31.9 Å². The second-order valence-corrected chi connectivity index (χ2v) is 4.32. The summed E-state index contributed by atoms with van der Waals surface area (Å²) in [6, 6.07) is 7.90. The molecule has 0 saturated carbocycles. The summed E-state index contributed by atoms with van der Waals surface area (Å²) in [5.74, 6) is 0.850. The molecule has 0 aliphatic rings. The molecule has 0 aliphatic heterocycles. The zero-order valence-corrected chi connectivity index (χ0v) is 11.9. The van der Waals surface area contributed by atoms with Crippen LogP contribution < -0.4 is 10.5 Å². The molecule has 0 aliphatic carbocycles. The van der Waals surface area contributed by atoms with Gasteiger partial charge in [0.2, 0.25) is 0 Å². The van der Waals surface area contributed by atoms with Crippen LogP contribution in [0.4, 0.5) is 0 Å². The fourth-order valence-corrected chi connectivity index (χ4v) is 1.86. The quantitative estimate of drug-likeness (QED) is 0.662. The van der Waals surface area contributed by atoms with Crippen molar-refractivity contribution in [3.63, 3.8) is 0 Å². The van der Waals surface area contributed by atoms with Gasteiger partial charge in [-0.05, 0) is 25.8 Å². The summed E-state index contributed by atoms with van der Waals surface area (Å²) in [5, 5.41) is 0. The van der Waals surface area contributed by atoms with Crippen LogP contribution in [-0.4, -0.2) is 33.5 Å². The fraction of sp³-hybridized carbons (Fsp3) is 0.600. The minimum atomic E-state index is -0.0146. The Balaban J connectivity index is 2.50. The van der Waals surface area contributed by atoms with Gasteiger partial charge in [0.25, 0.3) is 0 Å². The summed E-state index contributed by atoms with van der Waals surface area (Å²) >= 11 is 0. The van der Waals surface area contributed by atoms with E-state index in [1.807, 2.05) is 31.2 Å². The zero-order valence-electron chi connectivity index (χ0n) is 11.9. The van der Waals surface area contributed by atoms with Crippen LogP contribution >= 0.6 is 0 Å². The van der Waals surface area contributed by atoms with Crippen molar-refractivity contribution in [1.82, 2.24) is 0 Å². The molecule has 0 fully saturated rings. The number of benzene rings is 1. The van der Waals surface area contributed by atoms with E-state index in [1.165, 1.54) is 0 Å². The van der Waals surface area contributed by atoms with Crippen LogP contribution in [-0.2, 0) is 9.47 Å². The van der Waals surface area contributed by atoms with Crippen LogP contribution in [0, 0.1) is 0 Å². The molecule has 0 radical (unpaired) electrons. The lowest BCUT2D eigenvalue weighted by atomic mass is 10.0. The van der Waals surface area contributed by atoms with Gasteiger partial charge in [0.05, 0.1) is 6.61 Å². The summed E-state index contributed by atoms with van der Waals surface area (Å²) in [6.45, 7) is 4.63. The highest BCUT2D eigenvalue weighted by atomic mass is 16.5. The summed E-state index contributed by atoms with van der Waals surface area (Å²) in [5.41, 5.74) is 7.27. The highest BCUT2D eigenvalue weighted by molar-refractivity contribution is 5.35. The minimum Gasteiger partial charge on any atom is -0.491 e. The normalized spacial score (nSPS) is 12.4. The first kappa shape index (κ1) is 16.0. The Hall–Kier alpha value is -1.10. The van der Waals surface area contributed by atoms with Crippen molar-refractivity contribution in [2.75, 3.05) is 33.5 Å². The molecule has 2 N–H and O–H groups in total. The standard InChI is InChI=1S/C15H25NO3/c1-3-18-10-6-8-14(16)13-7-4-5-9-15(13)19-12-11-17-2/h4-5,7,9,14H,3,6,8,10-12,16H2,1-2H3. The molecule has 0 heterocycles. The number of methoxy groups -OCH3 is 1. The Morgan fingerprint density at radius 3 is 2.68 bits per heavy atom. The van der Waals surface area contributed by atoms with Crippen molar-refractivity contribution in [3.05, 3.63) is 29.8 Å². The number of hydrogen-bond donors (Lipinski definition) is 1. The predicted octanol–water partition coefficient (Wildman–Crippen LogP) is 2.53. The van der Waals surface area contributed by atoms with Crippen LogP contribution in [0.25, 0.3) is 0 Å². The van der Waals surface area contributed by atoms with Crippen LogP contribution in [0.3, 0.4) is 0 Å². The van der Waals surface area contributed by atoms with E-state index < -0.39 is 0 Å². The predicted molar refractivity (Wildman–Crippen MR) is 76.5 cm³/mol. The molecule has 1 atom stereocenters. The van der Waals surface area contributed by atoms with E-state index in [0.29, 0.717) is 13.2 Å². The Bertz CT molecular complexity index is 344. The monoisotopic (exact) mass is 267 g/mol.